The molecule has 5 nitrogen and oxygen atoms in total. The van der Waals surface area contributed by atoms with Gasteiger partial charge in [0.05, 0.1) is 11.4 Å². The minimum atomic E-state index is -3.66. The fourth-order valence-electron chi connectivity index (χ4n) is 1.98. The third-order valence-electron chi connectivity index (χ3n) is 3.00. The number of nitrogens with one attached hydrogen (secondary N) is 1. The Bertz CT molecular complexity index is 568. The Balaban J connectivity index is 2.02. The van der Waals surface area contributed by atoms with Crippen molar-refractivity contribution in [3.8, 4) is 0 Å². The number of halogens is 1. The first kappa shape index (κ1) is 14.5. The molecule has 2 rings (SSSR count). The summed E-state index contributed by atoms with van der Waals surface area (Å²) < 4.78 is 26.9. The zero-order chi connectivity index (χ0) is 13.9. The highest BCUT2D eigenvalue weighted by molar-refractivity contribution is 9.10. The first-order chi connectivity index (χ1) is 9.00. The lowest BCUT2D eigenvalue weighted by Crippen LogP contribution is -2.38. The minimum Gasteiger partial charge on any atom is -0.342 e. The van der Waals surface area contributed by atoms with E-state index < -0.39 is 10.0 Å². The van der Waals surface area contributed by atoms with Crippen LogP contribution in [0.3, 0.4) is 0 Å². The van der Waals surface area contributed by atoms with Gasteiger partial charge in [0.1, 0.15) is 0 Å². The fourth-order valence-corrected chi connectivity index (χ4v) is 3.95. The zero-order valence-electron chi connectivity index (χ0n) is 10.3. The number of hydrogen-bond donors (Lipinski definition) is 1. The van der Waals surface area contributed by atoms with Crippen LogP contribution in [0.2, 0.25) is 0 Å². The Morgan fingerprint density at radius 2 is 1.89 bits per heavy atom. The lowest BCUT2D eigenvalue weighted by atomic mass is 10.4. The van der Waals surface area contributed by atoms with E-state index in [-0.39, 0.29) is 17.3 Å². The van der Waals surface area contributed by atoms with Crippen LogP contribution in [0, 0.1) is 0 Å². The van der Waals surface area contributed by atoms with Gasteiger partial charge in [-0.25, -0.2) is 13.1 Å². The molecule has 0 unspecified atom stereocenters. The number of carbonyl (C=O) groups is 1. The molecular formula is C12H15BrN2O3S. The normalized spacial score (nSPS) is 15.7. The van der Waals surface area contributed by atoms with Gasteiger partial charge in [0.2, 0.25) is 15.9 Å². The van der Waals surface area contributed by atoms with Crippen LogP contribution in [0.4, 0.5) is 0 Å². The molecule has 1 aromatic rings. The average molecular weight is 347 g/mol. The number of carbonyl (C=O) groups excluding carboxylic acids is 1. The third-order valence-corrected chi connectivity index (χ3v) is 5.41. The molecule has 1 aromatic carbocycles. The summed E-state index contributed by atoms with van der Waals surface area (Å²) in [7, 11) is -3.66. The van der Waals surface area contributed by atoms with E-state index >= 15 is 0 Å². The molecule has 1 aliphatic heterocycles. The molecule has 0 bridgehead atoms. The van der Waals surface area contributed by atoms with Crippen LogP contribution < -0.4 is 4.72 Å². The van der Waals surface area contributed by atoms with Crippen LogP contribution in [0.1, 0.15) is 12.8 Å². The molecule has 7 heteroatoms. The van der Waals surface area contributed by atoms with Crippen LogP contribution in [0.5, 0.6) is 0 Å². The molecule has 0 atom stereocenters. The van der Waals surface area contributed by atoms with Crippen molar-refractivity contribution < 1.29 is 13.2 Å². The van der Waals surface area contributed by atoms with E-state index in [9.17, 15) is 13.2 Å². The summed E-state index contributed by atoms with van der Waals surface area (Å²) in [6, 6.07) is 6.52. The summed E-state index contributed by atoms with van der Waals surface area (Å²) in [6.07, 6.45) is 1.98. The van der Waals surface area contributed by atoms with Crippen molar-refractivity contribution in [2.75, 3.05) is 19.6 Å². The maximum absolute atomic E-state index is 12.1. The summed E-state index contributed by atoms with van der Waals surface area (Å²) in [4.78, 5) is 13.6. The van der Waals surface area contributed by atoms with Crippen LogP contribution in [-0.2, 0) is 14.8 Å². The van der Waals surface area contributed by atoms with Gasteiger partial charge in [-0.2, -0.15) is 0 Å². The molecular weight excluding hydrogens is 332 g/mol. The number of hydrogen-bond acceptors (Lipinski definition) is 3. The summed E-state index contributed by atoms with van der Waals surface area (Å²) in [6.45, 7) is 1.24. The molecule has 1 amide bonds. The average Bonchev–Trinajstić information content (AvgIpc) is 2.90. The topological polar surface area (TPSA) is 66.5 Å². The Kier molecular flexibility index (Phi) is 4.59. The first-order valence-corrected chi connectivity index (χ1v) is 8.30. The van der Waals surface area contributed by atoms with Crippen molar-refractivity contribution >= 4 is 31.9 Å². The van der Waals surface area contributed by atoms with E-state index in [0.29, 0.717) is 4.47 Å². The zero-order valence-corrected chi connectivity index (χ0v) is 12.7. The van der Waals surface area contributed by atoms with E-state index in [1.807, 2.05) is 0 Å². The SMILES string of the molecule is O=C(CNS(=O)(=O)c1ccccc1Br)N1CCCC1. The third kappa shape index (κ3) is 3.55. The molecule has 1 heterocycles. The summed E-state index contributed by atoms with van der Waals surface area (Å²) in [5.74, 6) is -0.173. The molecule has 0 radical (unpaired) electrons. The first-order valence-electron chi connectivity index (χ1n) is 6.03. The largest absolute Gasteiger partial charge is 0.342 e. The van der Waals surface area contributed by atoms with Crippen molar-refractivity contribution in [2.24, 2.45) is 0 Å². The maximum Gasteiger partial charge on any atom is 0.242 e. The summed E-state index contributed by atoms with van der Waals surface area (Å²) in [5, 5.41) is 0. The smallest absolute Gasteiger partial charge is 0.242 e. The Morgan fingerprint density at radius 3 is 2.53 bits per heavy atom. The lowest BCUT2D eigenvalue weighted by molar-refractivity contribution is -0.128. The van der Waals surface area contributed by atoms with E-state index in [1.54, 1.807) is 23.1 Å². The van der Waals surface area contributed by atoms with Crippen molar-refractivity contribution in [3.63, 3.8) is 0 Å². The van der Waals surface area contributed by atoms with Crippen LogP contribution in [0.25, 0.3) is 0 Å². The molecule has 1 N–H and O–H groups in total. The van der Waals surface area contributed by atoms with Crippen molar-refractivity contribution in [2.45, 2.75) is 17.7 Å². The molecule has 0 aliphatic carbocycles. The molecule has 1 aliphatic rings. The van der Waals surface area contributed by atoms with Gasteiger partial charge in [0.15, 0.2) is 0 Å². The van der Waals surface area contributed by atoms with Crippen LogP contribution >= 0.6 is 15.9 Å². The standard InChI is InChI=1S/C12H15BrN2O3S/c13-10-5-1-2-6-11(10)19(17,18)14-9-12(16)15-7-3-4-8-15/h1-2,5-6,14H,3-4,7-9H2. The van der Waals surface area contributed by atoms with Gasteiger partial charge in [0, 0.05) is 17.6 Å². The Hall–Kier alpha value is -0.920. The number of sulfonamides is 1. The van der Waals surface area contributed by atoms with Gasteiger partial charge in [-0.15, -0.1) is 0 Å². The van der Waals surface area contributed by atoms with Gasteiger partial charge in [-0.05, 0) is 40.9 Å². The molecule has 0 spiro atoms. The molecule has 104 valence electrons. The monoisotopic (exact) mass is 346 g/mol. The maximum atomic E-state index is 12.1. The highest BCUT2D eigenvalue weighted by Gasteiger charge is 2.22. The summed E-state index contributed by atoms with van der Waals surface area (Å²) >= 11 is 3.19. The molecule has 1 saturated heterocycles. The minimum absolute atomic E-state index is 0.143. The van der Waals surface area contributed by atoms with Crippen molar-refractivity contribution in [1.29, 1.82) is 0 Å². The number of rotatable bonds is 4. The quantitative estimate of drug-likeness (QED) is 0.894. The highest BCUT2D eigenvalue weighted by atomic mass is 79.9. The highest BCUT2D eigenvalue weighted by Crippen LogP contribution is 2.20. The van der Waals surface area contributed by atoms with Gasteiger partial charge in [-0.3, -0.25) is 4.79 Å². The van der Waals surface area contributed by atoms with E-state index in [4.69, 9.17) is 0 Å². The second-order valence-corrected chi connectivity index (χ2v) is 6.93. The Morgan fingerprint density at radius 1 is 1.26 bits per heavy atom. The lowest BCUT2D eigenvalue weighted by Gasteiger charge is -2.15. The number of amides is 1. The second kappa shape index (κ2) is 6.02. The van der Waals surface area contributed by atoms with E-state index in [1.165, 1.54) is 6.07 Å². The number of nitrogens with zero attached hydrogens (tertiary/aromatic N) is 1. The molecule has 19 heavy (non-hydrogen) atoms. The van der Waals surface area contributed by atoms with Gasteiger partial charge >= 0.3 is 0 Å². The van der Waals surface area contributed by atoms with Gasteiger partial charge < -0.3 is 4.90 Å². The predicted molar refractivity (Wildman–Crippen MR) is 75.1 cm³/mol. The van der Waals surface area contributed by atoms with Crippen LogP contribution in [0.15, 0.2) is 33.6 Å². The fraction of sp³-hybridized carbons (Fsp3) is 0.417. The number of likely N-dealkylation sites (tertiary alicyclic amines) is 1. The molecule has 0 aromatic heterocycles. The van der Waals surface area contributed by atoms with Gasteiger partial charge in [0.25, 0.3) is 0 Å². The van der Waals surface area contributed by atoms with E-state index in [0.717, 1.165) is 25.9 Å². The Labute approximate surface area is 121 Å². The van der Waals surface area contributed by atoms with Crippen molar-refractivity contribution in [3.05, 3.63) is 28.7 Å². The second-order valence-electron chi connectivity index (χ2n) is 4.34. The van der Waals surface area contributed by atoms with E-state index in [2.05, 4.69) is 20.7 Å². The predicted octanol–water partition coefficient (Wildman–Crippen LogP) is 1.35. The van der Waals surface area contributed by atoms with Crippen LogP contribution in [-0.4, -0.2) is 38.9 Å². The molecule has 1 fully saturated rings. The number of benzene rings is 1. The van der Waals surface area contributed by atoms with Crippen molar-refractivity contribution in [1.82, 2.24) is 9.62 Å². The molecule has 0 saturated carbocycles. The summed E-state index contributed by atoms with van der Waals surface area (Å²) in [5.41, 5.74) is 0. The van der Waals surface area contributed by atoms with Gasteiger partial charge in [-0.1, -0.05) is 12.1 Å².